The van der Waals surface area contributed by atoms with Crippen molar-refractivity contribution in [2.45, 2.75) is 6.92 Å². The average molecular weight is 253 g/mol. The van der Waals surface area contributed by atoms with Crippen LogP contribution in [0.5, 0.6) is 5.75 Å². The molecule has 0 saturated heterocycles. The zero-order chi connectivity index (χ0) is 13.4. The second-order valence-electron chi connectivity index (χ2n) is 3.57. The van der Waals surface area contributed by atoms with E-state index in [1.807, 2.05) is 0 Å². The second kappa shape index (κ2) is 7.45. The number of nitrogens with one attached hydrogen (secondary N) is 1. The van der Waals surface area contributed by atoms with Crippen molar-refractivity contribution in [1.82, 2.24) is 5.32 Å². The summed E-state index contributed by atoms with van der Waals surface area (Å²) in [4.78, 5) is 10.6. The molecule has 5 heteroatoms. The number of ether oxygens (including phenoxy) is 2. The van der Waals surface area contributed by atoms with E-state index in [9.17, 15) is 9.18 Å². The predicted octanol–water partition coefficient (Wildman–Crippen LogP) is 1.96. The first-order valence-corrected chi connectivity index (χ1v) is 5.45. The van der Waals surface area contributed by atoms with E-state index in [1.165, 1.54) is 20.1 Å². The standard InChI is InChI=1S/C13H16FNO3/c1-10(16)15-7-3-4-11-5-6-12(8-13(11)14)18-9-17-2/h3-6,8H,7,9H2,1-2H3,(H,15,16). The van der Waals surface area contributed by atoms with Crippen LogP contribution in [0.1, 0.15) is 12.5 Å². The molecule has 0 heterocycles. The molecular formula is C13H16FNO3. The van der Waals surface area contributed by atoms with Gasteiger partial charge in [0.1, 0.15) is 11.6 Å². The van der Waals surface area contributed by atoms with Crippen LogP contribution in [0.3, 0.4) is 0 Å². The summed E-state index contributed by atoms with van der Waals surface area (Å²) < 4.78 is 23.4. The highest BCUT2D eigenvalue weighted by Gasteiger charge is 2.01. The van der Waals surface area contributed by atoms with Gasteiger partial charge in [-0.2, -0.15) is 0 Å². The van der Waals surface area contributed by atoms with Crippen LogP contribution in [0.25, 0.3) is 6.08 Å². The quantitative estimate of drug-likeness (QED) is 0.788. The van der Waals surface area contributed by atoms with E-state index in [0.717, 1.165) is 0 Å². The fourth-order valence-corrected chi connectivity index (χ4v) is 1.25. The third-order valence-corrected chi connectivity index (χ3v) is 2.08. The Bertz CT molecular complexity index is 432. The first-order valence-electron chi connectivity index (χ1n) is 5.45. The predicted molar refractivity (Wildman–Crippen MR) is 66.6 cm³/mol. The van der Waals surface area contributed by atoms with Crippen LogP contribution in [0.4, 0.5) is 4.39 Å². The van der Waals surface area contributed by atoms with E-state index < -0.39 is 0 Å². The van der Waals surface area contributed by atoms with Gasteiger partial charge < -0.3 is 14.8 Å². The molecule has 0 aliphatic carbocycles. The van der Waals surface area contributed by atoms with E-state index in [1.54, 1.807) is 24.3 Å². The number of rotatable bonds is 6. The second-order valence-corrected chi connectivity index (χ2v) is 3.57. The molecule has 0 bridgehead atoms. The summed E-state index contributed by atoms with van der Waals surface area (Å²) in [7, 11) is 1.50. The van der Waals surface area contributed by atoms with Crippen LogP contribution < -0.4 is 10.1 Å². The first kappa shape index (κ1) is 14.2. The highest BCUT2D eigenvalue weighted by atomic mass is 19.1. The molecule has 4 nitrogen and oxygen atoms in total. The molecule has 1 rings (SSSR count). The molecule has 0 unspecified atom stereocenters. The van der Waals surface area contributed by atoms with Gasteiger partial charge in [-0.3, -0.25) is 4.79 Å². The summed E-state index contributed by atoms with van der Waals surface area (Å²) in [6.45, 7) is 1.88. The molecule has 0 aliphatic rings. The average Bonchev–Trinajstić information content (AvgIpc) is 2.33. The van der Waals surface area contributed by atoms with Crippen LogP contribution in [0, 0.1) is 5.82 Å². The number of carbonyl (C=O) groups excluding carboxylic acids is 1. The van der Waals surface area contributed by atoms with E-state index in [-0.39, 0.29) is 18.5 Å². The minimum Gasteiger partial charge on any atom is -0.467 e. The van der Waals surface area contributed by atoms with Crippen LogP contribution >= 0.6 is 0 Å². The fourth-order valence-electron chi connectivity index (χ4n) is 1.25. The van der Waals surface area contributed by atoms with Gasteiger partial charge in [0.25, 0.3) is 0 Å². The lowest BCUT2D eigenvalue weighted by atomic mass is 10.2. The SMILES string of the molecule is COCOc1ccc(C=CCNC(C)=O)c(F)c1. The summed E-state index contributed by atoms with van der Waals surface area (Å²) >= 11 is 0. The molecule has 18 heavy (non-hydrogen) atoms. The minimum atomic E-state index is -0.386. The Balaban J connectivity index is 2.59. The Kier molecular flexibility index (Phi) is 5.87. The van der Waals surface area contributed by atoms with Gasteiger partial charge in [0.15, 0.2) is 6.79 Å². The minimum absolute atomic E-state index is 0.0805. The lowest BCUT2D eigenvalue weighted by Gasteiger charge is -2.05. The van der Waals surface area contributed by atoms with Crippen LogP contribution in [-0.4, -0.2) is 26.4 Å². The van der Waals surface area contributed by atoms with Crippen molar-refractivity contribution in [2.24, 2.45) is 0 Å². The number of halogens is 1. The molecule has 0 spiro atoms. The monoisotopic (exact) mass is 253 g/mol. The molecule has 0 radical (unpaired) electrons. The Hall–Kier alpha value is -1.88. The summed E-state index contributed by atoms with van der Waals surface area (Å²) in [5.41, 5.74) is 0.435. The lowest BCUT2D eigenvalue weighted by molar-refractivity contribution is -0.118. The molecule has 1 amide bonds. The van der Waals surface area contributed by atoms with Gasteiger partial charge in [0.05, 0.1) is 0 Å². The molecule has 1 aromatic rings. The van der Waals surface area contributed by atoms with Crippen molar-refractivity contribution in [3.8, 4) is 5.75 Å². The third-order valence-electron chi connectivity index (χ3n) is 2.08. The van der Waals surface area contributed by atoms with E-state index in [4.69, 9.17) is 9.47 Å². The Morgan fingerprint density at radius 3 is 2.89 bits per heavy atom. The molecule has 1 aromatic carbocycles. The maximum absolute atomic E-state index is 13.6. The number of carbonyl (C=O) groups is 1. The smallest absolute Gasteiger partial charge is 0.217 e. The number of amides is 1. The van der Waals surface area contributed by atoms with Crippen molar-refractivity contribution in [3.05, 3.63) is 35.7 Å². The Morgan fingerprint density at radius 1 is 1.50 bits per heavy atom. The van der Waals surface area contributed by atoms with Gasteiger partial charge in [0, 0.05) is 32.2 Å². The van der Waals surface area contributed by atoms with Gasteiger partial charge in [-0.05, 0) is 12.1 Å². The topological polar surface area (TPSA) is 47.6 Å². The molecule has 0 atom stereocenters. The van der Waals surface area contributed by atoms with Gasteiger partial charge in [-0.1, -0.05) is 12.2 Å². The zero-order valence-electron chi connectivity index (χ0n) is 10.4. The molecular weight excluding hydrogens is 237 g/mol. The van der Waals surface area contributed by atoms with Crippen molar-refractivity contribution in [2.75, 3.05) is 20.4 Å². The maximum atomic E-state index is 13.6. The maximum Gasteiger partial charge on any atom is 0.217 e. The van der Waals surface area contributed by atoms with Crippen molar-refractivity contribution in [1.29, 1.82) is 0 Å². The Labute approximate surface area is 105 Å². The van der Waals surface area contributed by atoms with Crippen molar-refractivity contribution < 1.29 is 18.7 Å². The van der Waals surface area contributed by atoms with Gasteiger partial charge in [-0.25, -0.2) is 4.39 Å². The van der Waals surface area contributed by atoms with Crippen LogP contribution in [-0.2, 0) is 9.53 Å². The van der Waals surface area contributed by atoms with E-state index in [0.29, 0.717) is 17.9 Å². The third kappa shape index (κ3) is 4.97. The summed E-state index contributed by atoms with van der Waals surface area (Å²) in [6, 6.07) is 4.54. The summed E-state index contributed by atoms with van der Waals surface area (Å²) in [6.07, 6.45) is 3.28. The zero-order valence-corrected chi connectivity index (χ0v) is 10.4. The molecule has 0 aliphatic heterocycles. The van der Waals surface area contributed by atoms with E-state index in [2.05, 4.69) is 5.32 Å². The fraction of sp³-hybridized carbons (Fsp3) is 0.308. The van der Waals surface area contributed by atoms with Gasteiger partial charge >= 0.3 is 0 Å². The van der Waals surface area contributed by atoms with Crippen LogP contribution in [0.2, 0.25) is 0 Å². The highest BCUT2D eigenvalue weighted by molar-refractivity contribution is 5.73. The van der Waals surface area contributed by atoms with Crippen molar-refractivity contribution in [3.63, 3.8) is 0 Å². The largest absolute Gasteiger partial charge is 0.467 e. The molecule has 0 saturated carbocycles. The molecule has 0 aromatic heterocycles. The number of benzene rings is 1. The Morgan fingerprint density at radius 2 is 2.28 bits per heavy atom. The highest BCUT2D eigenvalue weighted by Crippen LogP contribution is 2.17. The number of hydrogen-bond donors (Lipinski definition) is 1. The molecule has 1 N–H and O–H groups in total. The lowest BCUT2D eigenvalue weighted by Crippen LogP contribution is -2.19. The van der Waals surface area contributed by atoms with E-state index >= 15 is 0 Å². The van der Waals surface area contributed by atoms with Gasteiger partial charge in [0.2, 0.25) is 5.91 Å². The molecule has 98 valence electrons. The van der Waals surface area contributed by atoms with Crippen molar-refractivity contribution >= 4 is 12.0 Å². The summed E-state index contributed by atoms with van der Waals surface area (Å²) in [5, 5.41) is 2.59. The number of hydrogen-bond acceptors (Lipinski definition) is 3. The van der Waals surface area contributed by atoms with Crippen LogP contribution in [0.15, 0.2) is 24.3 Å². The normalized spacial score (nSPS) is 10.6. The number of methoxy groups -OCH3 is 1. The summed E-state index contributed by atoms with van der Waals surface area (Å²) in [5.74, 6) is -0.0977. The first-order chi connectivity index (χ1) is 8.63. The van der Waals surface area contributed by atoms with Gasteiger partial charge in [-0.15, -0.1) is 0 Å². The molecule has 0 fully saturated rings.